The van der Waals surface area contributed by atoms with Crippen LogP contribution in [-0.2, 0) is 11.2 Å². The van der Waals surface area contributed by atoms with E-state index in [-0.39, 0.29) is 6.54 Å². The number of carbonyl (C=O) groups is 2. The number of nitrogen functional groups attached to an aromatic ring is 1. The van der Waals surface area contributed by atoms with E-state index in [9.17, 15) is 14.7 Å². The molecular formula is C17H26N4O4. The van der Waals surface area contributed by atoms with Gasteiger partial charge in [-0.2, -0.15) is 0 Å². The average Bonchev–Trinajstić information content (AvgIpc) is 2.49. The molecule has 1 atom stereocenters. The number of nitrogens with two attached hydrogens (primary N) is 1. The van der Waals surface area contributed by atoms with Crippen molar-refractivity contribution in [1.82, 2.24) is 15.2 Å². The number of pyridine rings is 1. The summed E-state index contributed by atoms with van der Waals surface area (Å²) in [5.74, 6) is 0.434. The van der Waals surface area contributed by atoms with Crippen molar-refractivity contribution in [1.29, 1.82) is 0 Å². The fourth-order valence-corrected chi connectivity index (χ4v) is 2.08. The number of alkyl carbamates (subject to hydrolysis) is 1. The largest absolute Gasteiger partial charge is 0.465 e. The molecule has 1 aromatic heterocycles. The second-order valence-corrected chi connectivity index (χ2v) is 6.50. The van der Waals surface area contributed by atoms with Crippen molar-refractivity contribution in [2.24, 2.45) is 0 Å². The highest BCUT2D eigenvalue weighted by Gasteiger charge is 2.24. The number of aryl methyl sites for hydroxylation is 1. The molecule has 4 N–H and O–H groups in total. The maximum absolute atomic E-state index is 11.9. The Morgan fingerprint density at radius 2 is 2.16 bits per heavy atom. The number of amides is 2. The van der Waals surface area contributed by atoms with Crippen LogP contribution in [0.4, 0.5) is 15.4 Å². The summed E-state index contributed by atoms with van der Waals surface area (Å²) in [6.45, 7) is 8.99. The highest BCUT2D eigenvalue weighted by Crippen LogP contribution is 2.10. The molecule has 2 amide bonds. The van der Waals surface area contributed by atoms with E-state index in [4.69, 9.17) is 10.5 Å². The van der Waals surface area contributed by atoms with E-state index in [1.54, 1.807) is 33.0 Å². The lowest BCUT2D eigenvalue weighted by Crippen LogP contribution is -2.50. The number of hydrogen-bond donors (Lipinski definition) is 3. The molecule has 25 heavy (non-hydrogen) atoms. The van der Waals surface area contributed by atoms with Gasteiger partial charge in [0.2, 0.25) is 0 Å². The summed E-state index contributed by atoms with van der Waals surface area (Å²) >= 11 is 0. The first-order valence-electron chi connectivity index (χ1n) is 7.94. The summed E-state index contributed by atoms with van der Waals surface area (Å²) < 4.78 is 5.15. The molecule has 8 nitrogen and oxygen atoms in total. The zero-order valence-corrected chi connectivity index (χ0v) is 14.9. The molecule has 0 saturated heterocycles. The van der Waals surface area contributed by atoms with Crippen molar-refractivity contribution < 1.29 is 19.4 Å². The van der Waals surface area contributed by atoms with Crippen molar-refractivity contribution in [3.05, 3.63) is 36.5 Å². The quantitative estimate of drug-likeness (QED) is 0.514. The molecule has 1 aromatic rings. The minimum Gasteiger partial charge on any atom is -0.465 e. The second-order valence-electron chi connectivity index (χ2n) is 6.50. The number of carboxylic acid groups (broad SMARTS) is 1. The standard InChI is InChI=1S/C17H26N4O4/c1-5-14(20-15(22)25-17(2,3)4)21(16(23)24)10-6-7-12-8-9-13(18)19-11-12/h5,8-9,11,14H,1,6-7,10H2,2-4H3,(H2,18,19)(H,20,22)(H,23,24). The summed E-state index contributed by atoms with van der Waals surface area (Å²) in [5.41, 5.74) is 5.81. The third-order valence-electron chi connectivity index (χ3n) is 3.18. The lowest BCUT2D eigenvalue weighted by atomic mass is 10.1. The molecule has 0 aliphatic heterocycles. The Labute approximate surface area is 147 Å². The minimum atomic E-state index is -1.16. The van der Waals surface area contributed by atoms with Crippen molar-refractivity contribution in [3.63, 3.8) is 0 Å². The van der Waals surface area contributed by atoms with Crippen molar-refractivity contribution in [2.75, 3.05) is 12.3 Å². The number of anilines is 1. The van der Waals surface area contributed by atoms with Crippen molar-refractivity contribution >= 4 is 18.0 Å². The summed E-state index contributed by atoms with van der Waals surface area (Å²) in [6.07, 6.45) is 1.46. The van der Waals surface area contributed by atoms with E-state index in [1.165, 1.54) is 6.08 Å². The Balaban J connectivity index is 2.63. The predicted octanol–water partition coefficient (Wildman–Crippen LogP) is 2.61. The molecule has 0 aliphatic rings. The minimum absolute atomic E-state index is 0.214. The Bertz CT molecular complexity index is 596. The van der Waals surface area contributed by atoms with E-state index in [0.29, 0.717) is 18.7 Å². The van der Waals surface area contributed by atoms with E-state index in [0.717, 1.165) is 10.5 Å². The van der Waals surface area contributed by atoms with Gasteiger partial charge in [0.1, 0.15) is 17.6 Å². The molecular weight excluding hydrogens is 324 g/mol. The highest BCUT2D eigenvalue weighted by atomic mass is 16.6. The fraction of sp³-hybridized carbons (Fsp3) is 0.471. The molecule has 1 unspecified atom stereocenters. The van der Waals surface area contributed by atoms with Gasteiger partial charge < -0.3 is 15.6 Å². The molecule has 138 valence electrons. The molecule has 1 rings (SSSR count). The number of hydrogen-bond acceptors (Lipinski definition) is 5. The molecule has 8 heteroatoms. The SMILES string of the molecule is C=CC(NC(=O)OC(C)(C)C)N(CCCc1ccc(N)nc1)C(=O)O. The third kappa shape index (κ3) is 7.56. The van der Waals surface area contributed by atoms with Gasteiger partial charge in [0, 0.05) is 12.7 Å². The first-order chi connectivity index (χ1) is 11.6. The molecule has 0 spiro atoms. The van der Waals surface area contributed by atoms with Crippen LogP contribution in [0.25, 0.3) is 0 Å². The maximum Gasteiger partial charge on any atom is 0.409 e. The van der Waals surface area contributed by atoms with Gasteiger partial charge in [-0.25, -0.2) is 14.6 Å². The third-order valence-corrected chi connectivity index (χ3v) is 3.18. The number of nitrogens with zero attached hydrogens (tertiary/aromatic N) is 2. The molecule has 1 heterocycles. The number of ether oxygens (including phenoxy) is 1. The highest BCUT2D eigenvalue weighted by molar-refractivity contribution is 5.71. The molecule has 0 saturated carbocycles. The van der Waals surface area contributed by atoms with Gasteiger partial charge in [-0.05, 0) is 51.3 Å². The van der Waals surface area contributed by atoms with Crippen LogP contribution < -0.4 is 11.1 Å². The normalized spacial score (nSPS) is 12.1. The fourth-order valence-electron chi connectivity index (χ4n) is 2.08. The van der Waals surface area contributed by atoms with Crippen LogP contribution in [0.1, 0.15) is 32.8 Å². The smallest absolute Gasteiger partial charge is 0.409 e. The van der Waals surface area contributed by atoms with Crippen LogP contribution in [0.5, 0.6) is 0 Å². The number of carbonyl (C=O) groups excluding carboxylic acids is 1. The lowest BCUT2D eigenvalue weighted by Gasteiger charge is -2.29. The summed E-state index contributed by atoms with van der Waals surface area (Å²) in [4.78, 5) is 28.5. The van der Waals surface area contributed by atoms with Crippen molar-refractivity contribution in [3.8, 4) is 0 Å². The number of rotatable bonds is 7. The van der Waals surface area contributed by atoms with Gasteiger partial charge in [0.05, 0.1) is 0 Å². The topological polar surface area (TPSA) is 118 Å². The summed E-state index contributed by atoms with van der Waals surface area (Å²) in [5, 5.41) is 11.9. The van der Waals surface area contributed by atoms with Gasteiger partial charge in [-0.1, -0.05) is 12.6 Å². The Morgan fingerprint density at radius 3 is 2.64 bits per heavy atom. The first kappa shape index (κ1) is 20.3. The average molecular weight is 350 g/mol. The second kappa shape index (κ2) is 8.91. The first-order valence-corrected chi connectivity index (χ1v) is 7.94. The van der Waals surface area contributed by atoms with Crippen LogP contribution in [0, 0.1) is 0 Å². The van der Waals surface area contributed by atoms with Gasteiger partial charge in [0.15, 0.2) is 0 Å². The van der Waals surface area contributed by atoms with E-state index in [2.05, 4.69) is 16.9 Å². The van der Waals surface area contributed by atoms with Crippen LogP contribution in [0.3, 0.4) is 0 Å². The van der Waals surface area contributed by atoms with Gasteiger partial charge in [-0.3, -0.25) is 10.2 Å². The predicted molar refractivity (Wildman–Crippen MR) is 95.1 cm³/mol. The summed E-state index contributed by atoms with van der Waals surface area (Å²) in [6, 6.07) is 3.54. The van der Waals surface area contributed by atoms with Crippen LogP contribution >= 0.6 is 0 Å². The zero-order chi connectivity index (χ0) is 19.0. The Kier molecular flexibility index (Phi) is 7.22. The van der Waals surface area contributed by atoms with Gasteiger partial charge in [-0.15, -0.1) is 0 Å². The van der Waals surface area contributed by atoms with Gasteiger partial charge >= 0.3 is 12.2 Å². The maximum atomic E-state index is 11.9. The molecule has 0 bridgehead atoms. The molecule has 0 radical (unpaired) electrons. The van der Waals surface area contributed by atoms with Crippen LogP contribution in [-0.4, -0.2) is 45.5 Å². The lowest BCUT2D eigenvalue weighted by molar-refractivity contribution is 0.0455. The molecule has 0 fully saturated rings. The number of aromatic nitrogens is 1. The van der Waals surface area contributed by atoms with E-state index >= 15 is 0 Å². The Hall–Kier alpha value is -2.77. The van der Waals surface area contributed by atoms with Crippen LogP contribution in [0.2, 0.25) is 0 Å². The van der Waals surface area contributed by atoms with E-state index < -0.39 is 24.0 Å². The Morgan fingerprint density at radius 1 is 1.48 bits per heavy atom. The van der Waals surface area contributed by atoms with E-state index in [1.807, 2.05) is 6.07 Å². The van der Waals surface area contributed by atoms with Gasteiger partial charge in [0.25, 0.3) is 0 Å². The summed E-state index contributed by atoms with van der Waals surface area (Å²) in [7, 11) is 0. The molecule has 0 aliphatic carbocycles. The van der Waals surface area contributed by atoms with Crippen LogP contribution in [0.15, 0.2) is 31.0 Å². The van der Waals surface area contributed by atoms with Crippen molar-refractivity contribution in [2.45, 2.75) is 45.4 Å². The molecule has 0 aromatic carbocycles. The monoisotopic (exact) mass is 350 g/mol. The number of nitrogens with one attached hydrogen (secondary N) is 1. The zero-order valence-electron chi connectivity index (χ0n) is 14.9.